The highest BCUT2D eigenvalue weighted by molar-refractivity contribution is 6.32. The first-order valence-electron chi connectivity index (χ1n) is 6.54. The van der Waals surface area contributed by atoms with Crippen molar-refractivity contribution >= 4 is 28.7 Å². The molecule has 2 heterocycles. The van der Waals surface area contributed by atoms with E-state index < -0.39 is 0 Å². The maximum absolute atomic E-state index is 6.22. The number of hydrogen-bond donors (Lipinski definition) is 0. The van der Waals surface area contributed by atoms with E-state index in [4.69, 9.17) is 11.6 Å². The molecule has 0 aliphatic rings. The van der Waals surface area contributed by atoms with Gasteiger partial charge in [0.2, 0.25) is 0 Å². The first-order valence-corrected chi connectivity index (χ1v) is 6.92. The fraction of sp³-hybridized carbons (Fsp3) is 0.200. The van der Waals surface area contributed by atoms with E-state index in [1.165, 1.54) is 5.56 Å². The van der Waals surface area contributed by atoms with Crippen LogP contribution < -0.4 is 0 Å². The summed E-state index contributed by atoms with van der Waals surface area (Å²) >= 11 is 6.22. The fourth-order valence-electron chi connectivity index (χ4n) is 2.13. The molecule has 6 heteroatoms. The fourth-order valence-corrected chi connectivity index (χ4v) is 2.32. The molecule has 3 aromatic rings. The third-order valence-corrected chi connectivity index (χ3v) is 3.52. The Bertz CT molecular complexity index is 831. The lowest BCUT2D eigenvalue weighted by molar-refractivity contribution is 0.799. The summed E-state index contributed by atoms with van der Waals surface area (Å²) in [6, 6.07) is 8.04. The second-order valence-corrected chi connectivity index (χ2v) is 5.27. The van der Waals surface area contributed by atoms with Crippen LogP contribution in [0.15, 0.2) is 29.4 Å². The lowest BCUT2D eigenvalue weighted by atomic mass is 10.1. The van der Waals surface area contributed by atoms with Gasteiger partial charge in [-0.05, 0) is 39.0 Å². The average molecular weight is 300 g/mol. The van der Waals surface area contributed by atoms with Crippen LogP contribution in [0.2, 0.25) is 5.15 Å². The molecule has 0 N–H and O–H groups in total. The smallest absolute Gasteiger partial charge is 0.151 e. The zero-order valence-corrected chi connectivity index (χ0v) is 12.8. The van der Waals surface area contributed by atoms with Crippen LogP contribution in [-0.2, 0) is 0 Å². The first kappa shape index (κ1) is 13.7. The van der Waals surface area contributed by atoms with E-state index in [1.807, 2.05) is 39.0 Å². The summed E-state index contributed by atoms with van der Waals surface area (Å²) < 4.78 is 1.66. The van der Waals surface area contributed by atoms with Gasteiger partial charge < -0.3 is 0 Å². The quantitative estimate of drug-likeness (QED) is 0.539. The van der Waals surface area contributed by atoms with Crippen LogP contribution in [0, 0.1) is 20.8 Å². The molecule has 1 aromatic carbocycles. The molecule has 0 bridgehead atoms. The summed E-state index contributed by atoms with van der Waals surface area (Å²) in [4.78, 5) is 4.40. The molecule has 2 aromatic heterocycles. The maximum atomic E-state index is 6.22. The highest BCUT2D eigenvalue weighted by atomic mass is 35.5. The Balaban J connectivity index is 2.06. The van der Waals surface area contributed by atoms with Crippen LogP contribution in [0.4, 0.5) is 0 Å². The van der Waals surface area contributed by atoms with Crippen LogP contribution in [-0.4, -0.2) is 26.1 Å². The predicted octanol–water partition coefficient (Wildman–Crippen LogP) is 3.29. The molecule has 0 saturated carbocycles. The Hall–Kier alpha value is -2.27. The zero-order chi connectivity index (χ0) is 15.0. The number of pyridine rings is 1. The third-order valence-electron chi connectivity index (χ3n) is 3.22. The zero-order valence-electron chi connectivity index (χ0n) is 12.0. The van der Waals surface area contributed by atoms with Gasteiger partial charge in [0.1, 0.15) is 5.15 Å². The van der Waals surface area contributed by atoms with E-state index in [9.17, 15) is 0 Å². The highest BCUT2D eigenvalue weighted by Crippen LogP contribution is 2.20. The van der Waals surface area contributed by atoms with E-state index in [1.54, 1.807) is 10.9 Å². The average Bonchev–Trinajstić information content (AvgIpc) is 2.76. The molecule has 21 heavy (non-hydrogen) atoms. The van der Waals surface area contributed by atoms with Crippen molar-refractivity contribution in [2.45, 2.75) is 20.8 Å². The minimum atomic E-state index is 0.429. The molecule has 106 valence electrons. The molecule has 0 fully saturated rings. The van der Waals surface area contributed by atoms with Crippen molar-refractivity contribution in [2.24, 2.45) is 5.10 Å². The predicted molar refractivity (Wildman–Crippen MR) is 84.0 cm³/mol. The Morgan fingerprint density at radius 1 is 1.10 bits per heavy atom. The standard InChI is InChI=1S/C15H14ClN5/c1-9-4-5-14-12(6-9)7-13(15(16)18-14)8-17-21-10(2)19-20-11(21)3/h4-8H,1-3H3/b17-8-. The monoisotopic (exact) mass is 299 g/mol. The van der Waals surface area contributed by atoms with E-state index in [2.05, 4.69) is 26.3 Å². The number of fused-ring (bicyclic) bond motifs is 1. The second-order valence-electron chi connectivity index (χ2n) is 4.92. The minimum absolute atomic E-state index is 0.429. The van der Waals surface area contributed by atoms with Gasteiger partial charge in [0, 0.05) is 10.9 Å². The van der Waals surface area contributed by atoms with E-state index in [-0.39, 0.29) is 0 Å². The van der Waals surface area contributed by atoms with Crippen molar-refractivity contribution in [3.63, 3.8) is 0 Å². The van der Waals surface area contributed by atoms with Gasteiger partial charge in [-0.1, -0.05) is 23.2 Å². The maximum Gasteiger partial charge on any atom is 0.151 e. The Labute approximate surface area is 127 Å². The van der Waals surface area contributed by atoms with Crippen molar-refractivity contribution in [2.75, 3.05) is 0 Å². The molecular formula is C15H14ClN5. The van der Waals surface area contributed by atoms with Crippen molar-refractivity contribution < 1.29 is 0 Å². The SMILES string of the molecule is Cc1ccc2nc(Cl)c(/C=N\n3c(C)nnc3C)cc2c1. The Morgan fingerprint density at radius 2 is 1.81 bits per heavy atom. The first-order chi connectivity index (χ1) is 10.0. The summed E-state index contributed by atoms with van der Waals surface area (Å²) in [5.74, 6) is 1.45. The van der Waals surface area contributed by atoms with E-state index in [0.717, 1.165) is 28.1 Å². The minimum Gasteiger partial charge on any atom is -0.235 e. The third kappa shape index (κ3) is 2.64. The number of aromatic nitrogens is 4. The number of hydrogen-bond acceptors (Lipinski definition) is 4. The highest BCUT2D eigenvalue weighted by Gasteiger charge is 2.05. The van der Waals surface area contributed by atoms with Crippen molar-refractivity contribution in [3.8, 4) is 0 Å². The Morgan fingerprint density at radius 3 is 2.52 bits per heavy atom. The normalized spacial score (nSPS) is 11.6. The van der Waals surface area contributed by atoms with Gasteiger partial charge in [0.05, 0.1) is 11.7 Å². The van der Waals surface area contributed by atoms with E-state index >= 15 is 0 Å². The van der Waals surface area contributed by atoms with Crippen molar-refractivity contribution in [1.82, 2.24) is 19.9 Å². The number of aryl methyl sites for hydroxylation is 3. The molecule has 3 rings (SSSR count). The Kier molecular flexibility index (Phi) is 3.43. The summed E-state index contributed by atoms with van der Waals surface area (Å²) in [6.07, 6.45) is 1.68. The molecule has 0 aliphatic carbocycles. The van der Waals surface area contributed by atoms with Crippen LogP contribution in [0.25, 0.3) is 10.9 Å². The van der Waals surface area contributed by atoms with Crippen LogP contribution >= 0.6 is 11.6 Å². The topological polar surface area (TPSA) is 56.0 Å². The van der Waals surface area contributed by atoms with Crippen LogP contribution in [0.5, 0.6) is 0 Å². The largest absolute Gasteiger partial charge is 0.235 e. The van der Waals surface area contributed by atoms with Gasteiger partial charge in [-0.2, -0.15) is 5.10 Å². The summed E-state index contributed by atoms with van der Waals surface area (Å²) in [7, 11) is 0. The van der Waals surface area contributed by atoms with Gasteiger partial charge in [-0.15, -0.1) is 10.2 Å². The van der Waals surface area contributed by atoms with Crippen LogP contribution in [0.3, 0.4) is 0 Å². The number of halogens is 1. The van der Waals surface area contributed by atoms with Crippen molar-refractivity contribution in [1.29, 1.82) is 0 Å². The van der Waals surface area contributed by atoms with Crippen LogP contribution in [0.1, 0.15) is 22.8 Å². The van der Waals surface area contributed by atoms with Crippen molar-refractivity contribution in [3.05, 3.63) is 52.2 Å². The number of benzene rings is 1. The van der Waals surface area contributed by atoms with Gasteiger partial charge in [0.25, 0.3) is 0 Å². The molecule has 0 spiro atoms. The number of rotatable bonds is 2. The van der Waals surface area contributed by atoms with Gasteiger partial charge in [0.15, 0.2) is 11.6 Å². The lowest BCUT2D eigenvalue weighted by Crippen LogP contribution is -1.97. The molecule has 0 amide bonds. The van der Waals surface area contributed by atoms with Gasteiger partial charge in [-0.3, -0.25) is 0 Å². The molecule has 0 unspecified atom stereocenters. The summed E-state index contributed by atoms with van der Waals surface area (Å²) in [5.41, 5.74) is 2.82. The molecular weight excluding hydrogens is 286 g/mol. The lowest BCUT2D eigenvalue weighted by Gasteiger charge is -2.03. The number of nitrogens with zero attached hydrogens (tertiary/aromatic N) is 5. The van der Waals surface area contributed by atoms with Gasteiger partial charge in [-0.25, -0.2) is 9.66 Å². The molecule has 0 aliphatic heterocycles. The summed E-state index contributed by atoms with van der Waals surface area (Å²) in [5, 5.41) is 13.8. The molecule has 0 atom stereocenters. The second kappa shape index (κ2) is 5.26. The molecule has 0 saturated heterocycles. The van der Waals surface area contributed by atoms with Gasteiger partial charge >= 0.3 is 0 Å². The molecule has 5 nitrogen and oxygen atoms in total. The summed E-state index contributed by atoms with van der Waals surface area (Å²) in [6.45, 7) is 5.74. The van der Waals surface area contributed by atoms with E-state index in [0.29, 0.717) is 5.15 Å². The molecule has 0 radical (unpaired) electrons.